The van der Waals surface area contributed by atoms with Gasteiger partial charge in [-0.25, -0.2) is 10.2 Å². The molecule has 0 bridgehead atoms. The summed E-state index contributed by atoms with van der Waals surface area (Å²) in [5, 5.41) is 4.46. The molecule has 0 aliphatic carbocycles. The molecule has 0 saturated heterocycles. The van der Waals surface area contributed by atoms with E-state index in [2.05, 4.69) is 49.0 Å². The predicted octanol–water partition coefficient (Wildman–Crippen LogP) is 5.46. The van der Waals surface area contributed by atoms with Crippen molar-refractivity contribution in [3.63, 3.8) is 0 Å². The first-order valence-corrected chi connectivity index (χ1v) is 11.7. The van der Waals surface area contributed by atoms with E-state index in [-0.39, 0.29) is 12.4 Å². The van der Waals surface area contributed by atoms with Crippen LogP contribution in [0.4, 0.5) is 0 Å². The van der Waals surface area contributed by atoms with Crippen molar-refractivity contribution in [2.75, 3.05) is 13.7 Å². The molecule has 0 radical (unpaired) electrons. The first kappa shape index (κ1) is 25.0. The number of nitrogens with one attached hydrogen (secondary N) is 1. The van der Waals surface area contributed by atoms with E-state index in [4.69, 9.17) is 25.8 Å². The Hall–Kier alpha value is -2.63. The van der Waals surface area contributed by atoms with E-state index in [9.17, 15) is 9.59 Å². The van der Waals surface area contributed by atoms with Gasteiger partial charge in [0.05, 0.1) is 23.4 Å². The number of carbonyl (C=O) groups excluding carboxylic acids is 2. The molecular formula is C23H17BrClIN2O5. The molecule has 0 atom stereocenters. The first-order chi connectivity index (χ1) is 15.9. The first-order valence-electron chi connectivity index (χ1n) is 9.42. The number of amides is 1. The van der Waals surface area contributed by atoms with Gasteiger partial charge >= 0.3 is 5.97 Å². The fourth-order valence-corrected chi connectivity index (χ4v) is 3.98. The van der Waals surface area contributed by atoms with E-state index in [0.29, 0.717) is 32.1 Å². The molecule has 0 aliphatic heterocycles. The van der Waals surface area contributed by atoms with Crippen LogP contribution < -0.4 is 19.6 Å². The lowest BCUT2D eigenvalue weighted by atomic mass is 10.2. The standard InChI is InChI=1S/C23H17BrClIN2O5/c1-31-21-10-14(6-8-20(21)33-23(30)16-4-2-3-5-18(16)26)12-27-28-22(29)13-32-19-9-7-15(25)11-17(19)24/h2-12H,13H2,1H3,(H,28,29)/b27-12+. The summed E-state index contributed by atoms with van der Waals surface area (Å²) in [6.45, 7) is -0.228. The van der Waals surface area contributed by atoms with Gasteiger partial charge in [0.15, 0.2) is 18.1 Å². The third kappa shape index (κ3) is 7.18. The molecule has 1 amide bonds. The monoisotopic (exact) mass is 642 g/mol. The van der Waals surface area contributed by atoms with Crippen molar-refractivity contribution >= 4 is 68.2 Å². The second-order valence-electron chi connectivity index (χ2n) is 6.44. The Bertz CT molecular complexity index is 1210. The van der Waals surface area contributed by atoms with Crippen molar-refractivity contribution < 1.29 is 23.8 Å². The van der Waals surface area contributed by atoms with E-state index in [1.54, 1.807) is 48.5 Å². The van der Waals surface area contributed by atoms with E-state index in [1.807, 2.05) is 12.1 Å². The summed E-state index contributed by atoms with van der Waals surface area (Å²) >= 11 is 11.3. The number of rotatable bonds is 8. The van der Waals surface area contributed by atoms with Gasteiger partial charge < -0.3 is 14.2 Å². The topological polar surface area (TPSA) is 86.2 Å². The quantitative estimate of drug-likeness (QED) is 0.116. The van der Waals surface area contributed by atoms with Gasteiger partial charge in [0.25, 0.3) is 5.91 Å². The van der Waals surface area contributed by atoms with Crippen molar-refractivity contribution in [2.24, 2.45) is 5.10 Å². The Labute approximate surface area is 217 Å². The van der Waals surface area contributed by atoms with Crippen molar-refractivity contribution in [3.05, 3.63) is 84.9 Å². The minimum Gasteiger partial charge on any atom is -0.493 e. The summed E-state index contributed by atoms with van der Waals surface area (Å²) in [5.41, 5.74) is 3.47. The zero-order valence-electron chi connectivity index (χ0n) is 17.2. The molecule has 3 rings (SSSR count). The summed E-state index contributed by atoms with van der Waals surface area (Å²) in [6.07, 6.45) is 1.43. The molecule has 0 saturated carbocycles. The fourth-order valence-electron chi connectivity index (χ4n) is 2.58. The SMILES string of the molecule is COc1cc(/C=N/NC(=O)COc2ccc(Cl)cc2Br)ccc1OC(=O)c1ccccc1I. The summed E-state index contributed by atoms with van der Waals surface area (Å²) in [7, 11) is 1.47. The molecule has 1 N–H and O–H groups in total. The van der Waals surface area contributed by atoms with Crippen LogP contribution in [-0.2, 0) is 4.79 Å². The molecule has 10 heteroatoms. The highest BCUT2D eigenvalue weighted by molar-refractivity contribution is 14.1. The van der Waals surface area contributed by atoms with E-state index >= 15 is 0 Å². The van der Waals surface area contributed by atoms with Gasteiger partial charge in [-0.1, -0.05) is 23.7 Å². The number of halogens is 3. The molecule has 0 fully saturated rings. The van der Waals surface area contributed by atoms with E-state index < -0.39 is 11.9 Å². The van der Waals surface area contributed by atoms with Gasteiger partial charge in [-0.2, -0.15) is 5.10 Å². The molecule has 0 unspecified atom stereocenters. The molecule has 0 aromatic heterocycles. The number of hydrogen-bond acceptors (Lipinski definition) is 6. The molecule has 170 valence electrons. The number of esters is 1. The second kappa shape index (κ2) is 12.0. The Balaban J connectivity index is 1.58. The highest BCUT2D eigenvalue weighted by atomic mass is 127. The predicted molar refractivity (Wildman–Crippen MR) is 137 cm³/mol. The minimum absolute atomic E-state index is 0.228. The number of hydrazone groups is 1. The van der Waals surface area contributed by atoms with Gasteiger partial charge in [-0.15, -0.1) is 0 Å². The summed E-state index contributed by atoms with van der Waals surface area (Å²) in [5.74, 6) is 0.173. The zero-order chi connectivity index (χ0) is 23.8. The Kier molecular flexibility index (Phi) is 9.10. The van der Waals surface area contributed by atoms with E-state index in [0.717, 1.165) is 3.57 Å². The molecule has 0 aliphatic rings. The normalized spacial score (nSPS) is 10.7. The molecule has 0 spiro atoms. The molecular weight excluding hydrogens is 627 g/mol. The van der Waals surface area contributed by atoms with Gasteiger partial charge in [0, 0.05) is 8.59 Å². The van der Waals surface area contributed by atoms with Gasteiger partial charge in [0.1, 0.15) is 5.75 Å². The van der Waals surface area contributed by atoms with Crippen LogP contribution in [0.3, 0.4) is 0 Å². The lowest BCUT2D eigenvalue weighted by Crippen LogP contribution is -2.24. The summed E-state index contributed by atoms with van der Waals surface area (Å²) in [6, 6.07) is 17.0. The number of carbonyl (C=O) groups is 2. The van der Waals surface area contributed by atoms with Crippen LogP contribution in [0.1, 0.15) is 15.9 Å². The number of hydrogen-bond donors (Lipinski definition) is 1. The summed E-state index contributed by atoms with van der Waals surface area (Å²) < 4.78 is 17.7. The highest BCUT2D eigenvalue weighted by Crippen LogP contribution is 2.29. The van der Waals surface area contributed by atoms with Crippen molar-refractivity contribution in [1.29, 1.82) is 0 Å². The molecule has 3 aromatic carbocycles. The molecule has 7 nitrogen and oxygen atoms in total. The third-order valence-corrected chi connectivity index (χ3v) is 5.94. The molecule has 0 heterocycles. The van der Waals surface area contributed by atoms with Crippen LogP contribution in [0.2, 0.25) is 5.02 Å². The number of methoxy groups -OCH3 is 1. The average Bonchev–Trinajstić information content (AvgIpc) is 2.79. The lowest BCUT2D eigenvalue weighted by Gasteiger charge is -2.10. The maximum atomic E-state index is 12.5. The van der Waals surface area contributed by atoms with Crippen LogP contribution in [0, 0.1) is 3.57 Å². The number of nitrogens with zero attached hydrogens (tertiary/aromatic N) is 1. The van der Waals surface area contributed by atoms with Gasteiger partial charge in [0.2, 0.25) is 0 Å². The highest BCUT2D eigenvalue weighted by Gasteiger charge is 2.15. The van der Waals surface area contributed by atoms with Crippen molar-refractivity contribution in [3.8, 4) is 17.2 Å². The summed E-state index contributed by atoms with van der Waals surface area (Å²) in [4.78, 5) is 24.4. The Morgan fingerprint density at radius 2 is 1.85 bits per heavy atom. The van der Waals surface area contributed by atoms with Crippen molar-refractivity contribution in [1.82, 2.24) is 5.43 Å². The largest absolute Gasteiger partial charge is 0.493 e. The van der Waals surface area contributed by atoms with Gasteiger partial charge in [-0.05, 0) is 92.6 Å². The second-order valence-corrected chi connectivity index (χ2v) is 8.89. The van der Waals surface area contributed by atoms with Crippen LogP contribution in [0.5, 0.6) is 17.2 Å². The average molecular weight is 644 g/mol. The number of ether oxygens (including phenoxy) is 3. The smallest absolute Gasteiger partial charge is 0.344 e. The van der Waals surface area contributed by atoms with Crippen LogP contribution >= 0.6 is 50.1 Å². The van der Waals surface area contributed by atoms with Crippen LogP contribution in [0.15, 0.2) is 70.2 Å². The lowest BCUT2D eigenvalue weighted by molar-refractivity contribution is -0.123. The third-order valence-electron chi connectivity index (χ3n) is 4.14. The number of benzene rings is 3. The molecule has 3 aromatic rings. The van der Waals surface area contributed by atoms with E-state index in [1.165, 1.54) is 13.3 Å². The van der Waals surface area contributed by atoms with Crippen LogP contribution in [-0.4, -0.2) is 31.8 Å². The zero-order valence-corrected chi connectivity index (χ0v) is 21.7. The van der Waals surface area contributed by atoms with Gasteiger partial charge in [-0.3, -0.25) is 4.79 Å². The maximum Gasteiger partial charge on any atom is 0.344 e. The molecule has 33 heavy (non-hydrogen) atoms. The Morgan fingerprint density at radius 1 is 1.09 bits per heavy atom. The Morgan fingerprint density at radius 3 is 2.58 bits per heavy atom. The minimum atomic E-state index is -0.487. The fraction of sp³-hybridized carbons (Fsp3) is 0.0870. The maximum absolute atomic E-state index is 12.5. The van der Waals surface area contributed by atoms with Crippen molar-refractivity contribution in [2.45, 2.75) is 0 Å². The van der Waals surface area contributed by atoms with Crippen LogP contribution in [0.25, 0.3) is 0 Å².